The number of fused-ring (bicyclic) bond motifs is 2. The summed E-state index contributed by atoms with van der Waals surface area (Å²) in [6.07, 6.45) is 8.23. The van der Waals surface area contributed by atoms with E-state index in [1.54, 1.807) is 0 Å². The molecule has 1 heteroatoms. The largest absolute Gasteiger partial charge is 0.327 e. The van der Waals surface area contributed by atoms with E-state index in [1.165, 1.54) is 48.8 Å². The van der Waals surface area contributed by atoms with Crippen LogP contribution in [-0.4, -0.2) is 6.04 Å². The molecule has 0 heterocycles. The minimum Gasteiger partial charge on any atom is -0.327 e. The topological polar surface area (TPSA) is 26.0 Å². The lowest BCUT2D eigenvalue weighted by atomic mass is 9.83. The van der Waals surface area contributed by atoms with Crippen LogP contribution in [-0.2, 0) is 6.42 Å². The first kappa shape index (κ1) is 13.2. The van der Waals surface area contributed by atoms with E-state index in [4.69, 9.17) is 5.73 Å². The van der Waals surface area contributed by atoms with Crippen LogP contribution in [0.15, 0.2) is 18.2 Å². The quantitative estimate of drug-likeness (QED) is 0.867. The summed E-state index contributed by atoms with van der Waals surface area (Å²) >= 11 is 0. The molecular formula is C18H27N. The van der Waals surface area contributed by atoms with Gasteiger partial charge in [0.05, 0.1) is 0 Å². The number of rotatable bonds is 4. The van der Waals surface area contributed by atoms with Gasteiger partial charge in [-0.2, -0.15) is 0 Å². The van der Waals surface area contributed by atoms with Crippen LogP contribution in [0, 0.1) is 31.6 Å². The van der Waals surface area contributed by atoms with Crippen molar-refractivity contribution in [1.29, 1.82) is 0 Å². The van der Waals surface area contributed by atoms with Crippen molar-refractivity contribution in [3.8, 4) is 0 Å². The van der Waals surface area contributed by atoms with Crippen LogP contribution >= 0.6 is 0 Å². The van der Waals surface area contributed by atoms with Crippen LogP contribution in [0.2, 0.25) is 0 Å². The highest BCUT2D eigenvalue weighted by atomic mass is 14.6. The van der Waals surface area contributed by atoms with Crippen molar-refractivity contribution in [1.82, 2.24) is 0 Å². The SMILES string of the molecule is Cc1cc(C)cc(CC(N)CC2CC3CCC2C3)c1. The van der Waals surface area contributed by atoms with Crippen molar-refractivity contribution in [2.75, 3.05) is 0 Å². The van der Waals surface area contributed by atoms with Crippen molar-refractivity contribution >= 4 is 0 Å². The minimum absolute atomic E-state index is 0.352. The van der Waals surface area contributed by atoms with Crippen molar-refractivity contribution in [2.24, 2.45) is 23.5 Å². The molecule has 0 aliphatic heterocycles. The van der Waals surface area contributed by atoms with Crippen LogP contribution in [0.3, 0.4) is 0 Å². The van der Waals surface area contributed by atoms with Gasteiger partial charge in [0.25, 0.3) is 0 Å². The first-order chi connectivity index (χ1) is 9.10. The van der Waals surface area contributed by atoms with E-state index in [-0.39, 0.29) is 0 Å². The van der Waals surface area contributed by atoms with Gasteiger partial charge in [0.1, 0.15) is 0 Å². The average molecular weight is 257 g/mol. The van der Waals surface area contributed by atoms with Gasteiger partial charge in [0.15, 0.2) is 0 Å². The summed E-state index contributed by atoms with van der Waals surface area (Å²) in [4.78, 5) is 0. The van der Waals surface area contributed by atoms with Crippen molar-refractivity contribution in [3.63, 3.8) is 0 Å². The van der Waals surface area contributed by atoms with Crippen LogP contribution in [0.4, 0.5) is 0 Å². The Balaban J connectivity index is 1.57. The monoisotopic (exact) mass is 257 g/mol. The normalized spacial score (nSPS) is 30.8. The molecule has 0 amide bonds. The summed E-state index contributed by atoms with van der Waals surface area (Å²) in [5.74, 6) is 2.98. The molecule has 3 rings (SSSR count). The maximum absolute atomic E-state index is 6.42. The molecule has 1 nitrogen and oxygen atoms in total. The molecule has 19 heavy (non-hydrogen) atoms. The summed E-state index contributed by atoms with van der Waals surface area (Å²) < 4.78 is 0. The second kappa shape index (κ2) is 5.28. The Morgan fingerprint density at radius 3 is 2.42 bits per heavy atom. The first-order valence-electron chi connectivity index (χ1n) is 7.93. The van der Waals surface area contributed by atoms with Gasteiger partial charge >= 0.3 is 0 Å². The summed E-state index contributed by atoms with van der Waals surface area (Å²) in [6, 6.07) is 7.19. The van der Waals surface area contributed by atoms with E-state index in [2.05, 4.69) is 32.0 Å². The maximum atomic E-state index is 6.42. The van der Waals surface area contributed by atoms with Crippen molar-refractivity contribution < 1.29 is 0 Å². The predicted octanol–water partition coefficient (Wildman–Crippen LogP) is 4.00. The molecule has 0 radical (unpaired) electrons. The second-order valence-corrected chi connectivity index (χ2v) is 7.13. The van der Waals surface area contributed by atoms with Gasteiger partial charge in [-0.15, -0.1) is 0 Å². The highest BCUT2D eigenvalue weighted by molar-refractivity contribution is 5.29. The molecule has 2 fully saturated rings. The molecule has 2 aliphatic rings. The van der Waals surface area contributed by atoms with E-state index < -0.39 is 0 Å². The lowest BCUT2D eigenvalue weighted by molar-refractivity contribution is 0.294. The van der Waals surface area contributed by atoms with Crippen LogP contribution in [0.25, 0.3) is 0 Å². The summed E-state index contributed by atoms with van der Waals surface area (Å²) in [5.41, 5.74) is 10.6. The lowest BCUT2D eigenvalue weighted by Crippen LogP contribution is -2.28. The Labute approximate surface area is 117 Å². The molecule has 0 saturated heterocycles. The van der Waals surface area contributed by atoms with Gasteiger partial charge in [-0.1, -0.05) is 35.7 Å². The molecule has 2 saturated carbocycles. The summed E-state index contributed by atoms with van der Waals surface area (Å²) in [7, 11) is 0. The van der Waals surface area contributed by atoms with Gasteiger partial charge in [-0.3, -0.25) is 0 Å². The molecule has 0 aromatic heterocycles. The third kappa shape index (κ3) is 3.02. The van der Waals surface area contributed by atoms with Crippen molar-refractivity contribution in [2.45, 2.75) is 58.4 Å². The minimum atomic E-state index is 0.352. The Hall–Kier alpha value is -0.820. The molecule has 2 aliphatic carbocycles. The van der Waals surface area contributed by atoms with Gasteiger partial charge in [0, 0.05) is 6.04 Å². The molecule has 104 valence electrons. The molecule has 2 bridgehead atoms. The van der Waals surface area contributed by atoms with E-state index in [0.29, 0.717) is 6.04 Å². The molecule has 0 spiro atoms. The summed E-state index contributed by atoms with van der Waals surface area (Å²) in [5, 5.41) is 0. The van der Waals surface area contributed by atoms with E-state index in [9.17, 15) is 0 Å². The number of nitrogens with two attached hydrogens (primary N) is 1. The fourth-order valence-electron chi connectivity index (χ4n) is 4.63. The van der Waals surface area contributed by atoms with Crippen molar-refractivity contribution in [3.05, 3.63) is 34.9 Å². The highest BCUT2D eigenvalue weighted by Crippen LogP contribution is 2.49. The van der Waals surface area contributed by atoms with E-state index >= 15 is 0 Å². The lowest BCUT2D eigenvalue weighted by Gasteiger charge is -2.25. The fourth-order valence-corrected chi connectivity index (χ4v) is 4.63. The third-order valence-electron chi connectivity index (χ3n) is 5.27. The standard InChI is InChI=1S/C18H27N/c1-12-5-13(2)7-15(6-12)10-18(19)11-17-9-14-3-4-16(17)8-14/h5-7,14,16-18H,3-4,8-11,19H2,1-2H3. The van der Waals surface area contributed by atoms with Gasteiger partial charge in [0.2, 0.25) is 0 Å². The zero-order valence-corrected chi connectivity index (χ0v) is 12.4. The second-order valence-electron chi connectivity index (χ2n) is 7.13. The number of aryl methyl sites for hydroxylation is 2. The molecule has 2 N–H and O–H groups in total. The number of benzene rings is 1. The van der Waals surface area contributed by atoms with Gasteiger partial charge in [-0.05, 0) is 69.3 Å². The van der Waals surface area contributed by atoms with Gasteiger partial charge < -0.3 is 5.73 Å². The first-order valence-corrected chi connectivity index (χ1v) is 7.93. The van der Waals surface area contributed by atoms with E-state index in [0.717, 1.165) is 24.2 Å². The Bertz CT molecular complexity index is 431. The Morgan fingerprint density at radius 2 is 1.84 bits per heavy atom. The van der Waals surface area contributed by atoms with Gasteiger partial charge in [-0.25, -0.2) is 0 Å². The molecule has 1 aromatic carbocycles. The molecule has 4 atom stereocenters. The Kier molecular flexibility index (Phi) is 3.66. The smallest absolute Gasteiger partial charge is 0.00820 e. The zero-order valence-electron chi connectivity index (χ0n) is 12.4. The number of hydrogen-bond donors (Lipinski definition) is 1. The Morgan fingerprint density at radius 1 is 1.11 bits per heavy atom. The van der Waals surface area contributed by atoms with E-state index in [1.807, 2.05) is 0 Å². The number of hydrogen-bond acceptors (Lipinski definition) is 1. The maximum Gasteiger partial charge on any atom is 0.00820 e. The predicted molar refractivity (Wildman–Crippen MR) is 81.2 cm³/mol. The highest BCUT2D eigenvalue weighted by Gasteiger charge is 2.39. The molecule has 1 aromatic rings. The zero-order chi connectivity index (χ0) is 13.4. The third-order valence-corrected chi connectivity index (χ3v) is 5.27. The molecular weight excluding hydrogens is 230 g/mol. The average Bonchev–Trinajstić information content (AvgIpc) is 2.88. The summed E-state index contributed by atoms with van der Waals surface area (Å²) in [6.45, 7) is 4.36. The fraction of sp³-hybridized carbons (Fsp3) is 0.667. The van der Waals surface area contributed by atoms with Crippen LogP contribution < -0.4 is 5.73 Å². The molecule has 4 unspecified atom stereocenters. The van der Waals surface area contributed by atoms with Crippen LogP contribution in [0.1, 0.15) is 48.8 Å². The van der Waals surface area contributed by atoms with Crippen LogP contribution in [0.5, 0.6) is 0 Å².